The van der Waals surface area contributed by atoms with Crippen LogP contribution in [0.4, 0.5) is 0 Å². The van der Waals surface area contributed by atoms with E-state index in [-0.39, 0.29) is 6.04 Å². The van der Waals surface area contributed by atoms with E-state index in [9.17, 15) is 0 Å². The SMILES string of the molecule is CCCOc1ccc(C(CN)N2CCCCCC2)cc1OCC. The Hall–Kier alpha value is -1.26. The molecule has 0 amide bonds. The van der Waals surface area contributed by atoms with Gasteiger partial charge in [-0.2, -0.15) is 0 Å². The average Bonchev–Trinajstić information content (AvgIpc) is 2.84. The van der Waals surface area contributed by atoms with E-state index in [1.165, 1.54) is 31.2 Å². The maximum absolute atomic E-state index is 6.12. The first-order valence-corrected chi connectivity index (χ1v) is 9.13. The molecule has 0 aromatic heterocycles. The van der Waals surface area contributed by atoms with Crippen molar-refractivity contribution in [3.63, 3.8) is 0 Å². The molecule has 0 radical (unpaired) electrons. The van der Waals surface area contributed by atoms with Crippen LogP contribution in [0, 0.1) is 0 Å². The van der Waals surface area contributed by atoms with Crippen LogP contribution < -0.4 is 15.2 Å². The minimum absolute atomic E-state index is 0.271. The van der Waals surface area contributed by atoms with Gasteiger partial charge < -0.3 is 15.2 Å². The molecule has 23 heavy (non-hydrogen) atoms. The molecule has 1 aliphatic heterocycles. The second kappa shape index (κ2) is 9.78. The van der Waals surface area contributed by atoms with Gasteiger partial charge in [0.1, 0.15) is 0 Å². The molecular weight excluding hydrogens is 288 g/mol. The Kier molecular flexibility index (Phi) is 7.69. The fourth-order valence-corrected chi connectivity index (χ4v) is 3.23. The van der Waals surface area contributed by atoms with E-state index < -0.39 is 0 Å². The Morgan fingerprint density at radius 1 is 1.04 bits per heavy atom. The van der Waals surface area contributed by atoms with Gasteiger partial charge in [-0.1, -0.05) is 25.8 Å². The average molecular weight is 320 g/mol. The van der Waals surface area contributed by atoms with Crippen LogP contribution >= 0.6 is 0 Å². The van der Waals surface area contributed by atoms with Crippen molar-refractivity contribution in [1.82, 2.24) is 4.90 Å². The highest BCUT2D eigenvalue weighted by Gasteiger charge is 2.21. The molecule has 4 heteroatoms. The van der Waals surface area contributed by atoms with E-state index in [0.717, 1.165) is 31.0 Å². The molecular formula is C19H32N2O2. The fraction of sp³-hybridized carbons (Fsp3) is 0.684. The molecule has 1 unspecified atom stereocenters. The van der Waals surface area contributed by atoms with E-state index in [4.69, 9.17) is 15.2 Å². The Balaban J connectivity index is 2.19. The first-order valence-electron chi connectivity index (χ1n) is 9.13. The number of ether oxygens (including phenoxy) is 2. The third-order valence-corrected chi connectivity index (χ3v) is 4.42. The van der Waals surface area contributed by atoms with Crippen molar-refractivity contribution < 1.29 is 9.47 Å². The topological polar surface area (TPSA) is 47.7 Å². The van der Waals surface area contributed by atoms with Crippen LogP contribution in [0.2, 0.25) is 0 Å². The fourth-order valence-electron chi connectivity index (χ4n) is 3.23. The Labute approximate surface area is 140 Å². The lowest BCUT2D eigenvalue weighted by Crippen LogP contribution is -2.34. The summed E-state index contributed by atoms with van der Waals surface area (Å²) in [4.78, 5) is 2.53. The van der Waals surface area contributed by atoms with Crippen LogP contribution in [0.25, 0.3) is 0 Å². The quantitative estimate of drug-likeness (QED) is 0.792. The van der Waals surface area contributed by atoms with Crippen molar-refractivity contribution in [3.05, 3.63) is 23.8 Å². The molecule has 2 N–H and O–H groups in total. The van der Waals surface area contributed by atoms with Crippen LogP contribution in [0.15, 0.2) is 18.2 Å². The molecule has 1 aliphatic rings. The van der Waals surface area contributed by atoms with Crippen molar-refractivity contribution in [2.45, 2.75) is 52.0 Å². The van der Waals surface area contributed by atoms with Crippen LogP contribution in [-0.2, 0) is 0 Å². The third kappa shape index (κ3) is 5.11. The molecule has 1 aromatic rings. The van der Waals surface area contributed by atoms with Gasteiger partial charge in [-0.15, -0.1) is 0 Å². The Morgan fingerprint density at radius 3 is 2.39 bits per heavy atom. The van der Waals surface area contributed by atoms with Crippen molar-refractivity contribution in [2.75, 3.05) is 32.8 Å². The van der Waals surface area contributed by atoms with Crippen LogP contribution in [-0.4, -0.2) is 37.7 Å². The summed E-state index contributed by atoms with van der Waals surface area (Å²) in [6, 6.07) is 6.58. The van der Waals surface area contributed by atoms with Gasteiger partial charge in [-0.05, 0) is 57.0 Å². The van der Waals surface area contributed by atoms with Crippen molar-refractivity contribution >= 4 is 0 Å². The van der Waals surface area contributed by atoms with Gasteiger partial charge in [0.05, 0.1) is 13.2 Å². The number of hydrogen-bond donors (Lipinski definition) is 1. The van der Waals surface area contributed by atoms with Gasteiger partial charge in [0.25, 0.3) is 0 Å². The zero-order valence-corrected chi connectivity index (χ0v) is 14.7. The lowest BCUT2D eigenvalue weighted by molar-refractivity contribution is 0.208. The monoisotopic (exact) mass is 320 g/mol. The van der Waals surface area contributed by atoms with Crippen LogP contribution in [0.1, 0.15) is 57.6 Å². The molecule has 1 fully saturated rings. The highest BCUT2D eigenvalue weighted by atomic mass is 16.5. The lowest BCUT2D eigenvalue weighted by atomic mass is 10.0. The standard InChI is InChI=1S/C19H32N2O2/c1-3-13-23-18-10-9-16(14-19(18)22-4-2)17(15-20)21-11-7-5-6-8-12-21/h9-10,14,17H,3-8,11-13,15,20H2,1-2H3. The van der Waals surface area contributed by atoms with Gasteiger partial charge >= 0.3 is 0 Å². The summed E-state index contributed by atoms with van der Waals surface area (Å²) in [6.07, 6.45) is 6.20. The molecule has 1 atom stereocenters. The molecule has 1 heterocycles. The first-order chi connectivity index (χ1) is 11.3. The molecule has 0 bridgehead atoms. The summed E-state index contributed by atoms with van der Waals surface area (Å²) in [6.45, 7) is 8.39. The second-order valence-electron chi connectivity index (χ2n) is 6.19. The first kappa shape index (κ1) is 18.1. The number of rotatable bonds is 8. The van der Waals surface area contributed by atoms with Gasteiger partial charge in [-0.25, -0.2) is 0 Å². The normalized spacial score (nSPS) is 17.5. The van der Waals surface area contributed by atoms with Gasteiger partial charge in [-0.3, -0.25) is 4.90 Å². The highest BCUT2D eigenvalue weighted by Crippen LogP contribution is 2.33. The van der Waals surface area contributed by atoms with Crippen LogP contribution in [0.3, 0.4) is 0 Å². The largest absolute Gasteiger partial charge is 0.490 e. The number of hydrogen-bond acceptors (Lipinski definition) is 4. The molecule has 130 valence electrons. The summed E-state index contributed by atoms with van der Waals surface area (Å²) in [5, 5.41) is 0. The van der Waals surface area contributed by atoms with Crippen molar-refractivity contribution in [3.8, 4) is 11.5 Å². The maximum atomic E-state index is 6.12. The summed E-state index contributed by atoms with van der Waals surface area (Å²) in [5.41, 5.74) is 7.35. The lowest BCUT2D eigenvalue weighted by Gasteiger charge is -2.30. The van der Waals surface area contributed by atoms with Gasteiger partial charge in [0, 0.05) is 12.6 Å². The summed E-state index contributed by atoms with van der Waals surface area (Å²) in [5.74, 6) is 1.68. The van der Waals surface area contributed by atoms with Crippen molar-refractivity contribution in [2.24, 2.45) is 5.73 Å². The highest BCUT2D eigenvalue weighted by molar-refractivity contribution is 5.44. The predicted molar refractivity (Wildman–Crippen MR) is 95.2 cm³/mol. The molecule has 4 nitrogen and oxygen atoms in total. The summed E-state index contributed by atoms with van der Waals surface area (Å²) in [7, 11) is 0. The minimum atomic E-state index is 0.271. The van der Waals surface area contributed by atoms with E-state index in [1.54, 1.807) is 0 Å². The number of benzene rings is 1. The molecule has 2 rings (SSSR count). The van der Waals surface area contributed by atoms with Crippen molar-refractivity contribution in [1.29, 1.82) is 0 Å². The molecule has 1 aromatic carbocycles. The zero-order chi connectivity index (χ0) is 16.5. The van der Waals surface area contributed by atoms with E-state index in [0.29, 0.717) is 19.8 Å². The zero-order valence-electron chi connectivity index (χ0n) is 14.7. The summed E-state index contributed by atoms with van der Waals surface area (Å²) < 4.78 is 11.6. The molecule has 0 saturated carbocycles. The predicted octanol–water partition coefficient (Wildman–Crippen LogP) is 3.75. The molecule has 1 saturated heterocycles. The number of nitrogens with two attached hydrogens (primary N) is 1. The van der Waals surface area contributed by atoms with E-state index in [1.807, 2.05) is 13.0 Å². The molecule has 0 aliphatic carbocycles. The number of likely N-dealkylation sites (tertiary alicyclic amines) is 1. The smallest absolute Gasteiger partial charge is 0.161 e. The van der Waals surface area contributed by atoms with E-state index >= 15 is 0 Å². The minimum Gasteiger partial charge on any atom is -0.490 e. The Morgan fingerprint density at radius 2 is 1.78 bits per heavy atom. The van der Waals surface area contributed by atoms with E-state index in [2.05, 4.69) is 24.0 Å². The Bertz CT molecular complexity index is 457. The maximum Gasteiger partial charge on any atom is 0.161 e. The second-order valence-corrected chi connectivity index (χ2v) is 6.19. The third-order valence-electron chi connectivity index (χ3n) is 4.42. The van der Waals surface area contributed by atoms with Crippen LogP contribution in [0.5, 0.6) is 11.5 Å². The molecule has 0 spiro atoms. The van der Waals surface area contributed by atoms with Gasteiger partial charge in [0.15, 0.2) is 11.5 Å². The van der Waals surface area contributed by atoms with Gasteiger partial charge in [0.2, 0.25) is 0 Å². The summed E-state index contributed by atoms with van der Waals surface area (Å²) >= 11 is 0. The number of nitrogens with zero attached hydrogens (tertiary/aromatic N) is 1.